The fourth-order valence-electron chi connectivity index (χ4n) is 1.38. The summed E-state index contributed by atoms with van der Waals surface area (Å²) in [6.45, 7) is -0.310. The van der Waals surface area contributed by atoms with Crippen molar-refractivity contribution in [3.05, 3.63) is 28.8 Å². The highest BCUT2D eigenvalue weighted by molar-refractivity contribution is 7.89. The van der Waals surface area contributed by atoms with Crippen molar-refractivity contribution in [1.82, 2.24) is 4.72 Å². The number of ether oxygens (including phenoxy) is 1. The highest BCUT2D eigenvalue weighted by atomic mass is 35.5. The molecule has 1 aromatic carbocycles. The molecule has 0 radical (unpaired) electrons. The van der Waals surface area contributed by atoms with Crippen molar-refractivity contribution in [3.63, 3.8) is 0 Å². The number of methoxy groups -OCH3 is 1. The summed E-state index contributed by atoms with van der Waals surface area (Å²) in [6, 6.07) is 3.34. The number of benzene rings is 1. The maximum Gasteiger partial charge on any atom is 0.335 e. The molecule has 1 unspecified atom stereocenters. The maximum atomic E-state index is 12.0. The third-order valence-electron chi connectivity index (χ3n) is 2.34. The van der Waals surface area contributed by atoms with Gasteiger partial charge in [0.05, 0.1) is 23.3 Å². The van der Waals surface area contributed by atoms with Gasteiger partial charge in [-0.15, -0.1) is 0 Å². The van der Waals surface area contributed by atoms with Gasteiger partial charge in [0.2, 0.25) is 10.0 Å². The molecule has 112 valence electrons. The number of hydrogen-bond donors (Lipinski definition) is 3. The van der Waals surface area contributed by atoms with Crippen LogP contribution in [0.5, 0.6) is 0 Å². The van der Waals surface area contributed by atoms with Crippen molar-refractivity contribution in [2.75, 3.05) is 20.3 Å². The van der Waals surface area contributed by atoms with E-state index in [2.05, 4.69) is 9.46 Å². The van der Waals surface area contributed by atoms with E-state index in [1.807, 2.05) is 0 Å². The van der Waals surface area contributed by atoms with E-state index in [1.165, 1.54) is 19.2 Å². The number of rotatable bonds is 7. The molecule has 0 bridgehead atoms. The molecule has 20 heavy (non-hydrogen) atoms. The van der Waals surface area contributed by atoms with E-state index < -0.39 is 22.1 Å². The minimum Gasteiger partial charge on any atom is -0.478 e. The average Bonchev–Trinajstić information content (AvgIpc) is 2.37. The standard InChI is InChI=1S/C11H14ClNO6S/c1-19-6-8(14)5-13-20(17,18)10-4-7(11(15)16)2-3-9(10)12/h2-4,8,13-14H,5-6H2,1H3,(H,15,16). The van der Waals surface area contributed by atoms with Gasteiger partial charge in [0.15, 0.2) is 0 Å². The van der Waals surface area contributed by atoms with Gasteiger partial charge in [-0.25, -0.2) is 17.9 Å². The Kier molecular flexibility index (Phi) is 5.90. The number of aliphatic hydroxyl groups excluding tert-OH is 1. The first kappa shape index (κ1) is 16.9. The van der Waals surface area contributed by atoms with E-state index in [-0.39, 0.29) is 28.6 Å². The number of carboxylic acids is 1. The zero-order valence-corrected chi connectivity index (χ0v) is 12.1. The Morgan fingerprint density at radius 2 is 2.15 bits per heavy atom. The van der Waals surface area contributed by atoms with E-state index in [1.54, 1.807) is 0 Å². The van der Waals surface area contributed by atoms with E-state index in [4.69, 9.17) is 16.7 Å². The SMILES string of the molecule is COCC(O)CNS(=O)(=O)c1cc(C(=O)O)ccc1Cl. The van der Waals surface area contributed by atoms with Gasteiger partial charge in [-0.05, 0) is 18.2 Å². The van der Waals surface area contributed by atoms with Gasteiger partial charge < -0.3 is 14.9 Å². The van der Waals surface area contributed by atoms with Gasteiger partial charge in [0, 0.05) is 13.7 Å². The van der Waals surface area contributed by atoms with Crippen LogP contribution >= 0.6 is 11.6 Å². The van der Waals surface area contributed by atoms with E-state index >= 15 is 0 Å². The summed E-state index contributed by atoms with van der Waals surface area (Å²) >= 11 is 5.76. The molecule has 0 aliphatic rings. The van der Waals surface area contributed by atoms with Gasteiger partial charge in [-0.3, -0.25) is 0 Å². The quantitative estimate of drug-likeness (QED) is 0.666. The summed E-state index contributed by atoms with van der Waals surface area (Å²) in [5, 5.41) is 18.1. The molecule has 0 aliphatic heterocycles. The summed E-state index contributed by atoms with van der Waals surface area (Å²) < 4.78 is 30.8. The van der Waals surface area contributed by atoms with Crippen molar-refractivity contribution in [2.45, 2.75) is 11.0 Å². The normalized spacial score (nSPS) is 13.2. The second kappa shape index (κ2) is 7.00. The van der Waals surface area contributed by atoms with Crippen LogP contribution in [0.15, 0.2) is 23.1 Å². The second-order valence-electron chi connectivity index (χ2n) is 3.91. The average molecular weight is 324 g/mol. The summed E-state index contributed by atoms with van der Waals surface area (Å²) in [5.41, 5.74) is -0.202. The monoisotopic (exact) mass is 323 g/mol. The Balaban J connectivity index is 2.97. The number of sulfonamides is 1. The number of carbonyl (C=O) groups is 1. The lowest BCUT2D eigenvalue weighted by Crippen LogP contribution is -2.34. The number of aromatic carboxylic acids is 1. The van der Waals surface area contributed by atoms with Crippen LogP contribution in [0.3, 0.4) is 0 Å². The van der Waals surface area contributed by atoms with Gasteiger partial charge in [0.25, 0.3) is 0 Å². The molecular formula is C11H14ClNO6S. The van der Waals surface area contributed by atoms with Crippen LogP contribution in [0.4, 0.5) is 0 Å². The van der Waals surface area contributed by atoms with Crippen LogP contribution < -0.4 is 4.72 Å². The third-order valence-corrected chi connectivity index (χ3v) is 4.24. The highest BCUT2D eigenvalue weighted by Crippen LogP contribution is 2.22. The van der Waals surface area contributed by atoms with Crippen LogP contribution in [0.1, 0.15) is 10.4 Å². The van der Waals surface area contributed by atoms with Gasteiger partial charge in [0.1, 0.15) is 4.90 Å². The molecule has 9 heteroatoms. The Bertz CT molecular complexity index is 589. The molecule has 0 spiro atoms. The van der Waals surface area contributed by atoms with Crippen molar-refractivity contribution in [3.8, 4) is 0 Å². The lowest BCUT2D eigenvalue weighted by molar-refractivity contribution is 0.0678. The molecule has 1 rings (SSSR count). The lowest BCUT2D eigenvalue weighted by Gasteiger charge is -2.12. The minimum absolute atomic E-state index is 0.0363. The predicted molar refractivity (Wildman–Crippen MR) is 71.5 cm³/mol. The number of aliphatic hydroxyl groups is 1. The van der Waals surface area contributed by atoms with Crippen LogP contribution in [0, 0.1) is 0 Å². The zero-order valence-electron chi connectivity index (χ0n) is 10.5. The van der Waals surface area contributed by atoms with Crippen LogP contribution in [-0.4, -0.2) is 51.0 Å². The van der Waals surface area contributed by atoms with Crippen molar-refractivity contribution >= 4 is 27.6 Å². The summed E-state index contributed by atoms with van der Waals surface area (Å²) in [5.74, 6) is -1.27. The first-order chi connectivity index (χ1) is 9.27. The van der Waals surface area contributed by atoms with E-state index in [0.717, 1.165) is 6.07 Å². The second-order valence-corrected chi connectivity index (χ2v) is 6.05. The number of hydrogen-bond acceptors (Lipinski definition) is 5. The van der Waals surface area contributed by atoms with Crippen LogP contribution in [-0.2, 0) is 14.8 Å². The Hall–Kier alpha value is -1.19. The van der Waals surface area contributed by atoms with Crippen LogP contribution in [0.25, 0.3) is 0 Å². The highest BCUT2D eigenvalue weighted by Gasteiger charge is 2.21. The topological polar surface area (TPSA) is 113 Å². The van der Waals surface area contributed by atoms with Crippen molar-refractivity contribution in [2.24, 2.45) is 0 Å². The molecule has 0 saturated heterocycles. The molecule has 0 amide bonds. The molecule has 7 nitrogen and oxygen atoms in total. The van der Waals surface area contributed by atoms with Gasteiger partial charge >= 0.3 is 5.97 Å². The Morgan fingerprint density at radius 1 is 1.50 bits per heavy atom. The van der Waals surface area contributed by atoms with E-state index in [0.29, 0.717) is 0 Å². The minimum atomic E-state index is -4.02. The fraction of sp³-hybridized carbons (Fsp3) is 0.364. The molecule has 3 N–H and O–H groups in total. The number of nitrogens with one attached hydrogen (secondary N) is 1. The van der Waals surface area contributed by atoms with Gasteiger partial charge in [-0.2, -0.15) is 0 Å². The fourth-order valence-corrected chi connectivity index (χ4v) is 2.97. The smallest absolute Gasteiger partial charge is 0.335 e. The molecule has 0 saturated carbocycles. The zero-order chi connectivity index (χ0) is 15.3. The van der Waals surface area contributed by atoms with E-state index in [9.17, 15) is 18.3 Å². The molecule has 1 atom stereocenters. The molecule has 0 aromatic heterocycles. The van der Waals surface area contributed by atoms with Gasteiger partial charge in [-0.1, -0.05) is 11.6 Å². The maximum absolute atomic E-state index is 12.0. The van der Waals surface area contributed by atoms with Crippen LogP contribution in [0.2, 0.25) is 5.02 Å². The summed E-state index contributed by atoms with van der Waals surface area (Å²) in [4.78, 5) is 10.5. The Labute approximate surface area is 121 Å². The largest absolute Gasteiger partial charge is 0.478 e. The number of halogens is 1. The molecule has 0 aliphatic carbocycles. The third kappa shape index (κ3) is 4.43. The first-order valence-corrected chi connectivity index (χ1v) is 7.33. The first-order valence-electron chi connectivity index (χ1n) is 5.47. The molecule has 0 fully saturated rings. The lowest BCUT2D eigenvalue weighted by atomic mass is 10.2. The van der Waals surface area contributed by atoms with Crippen molar-refractivity contribution in [1.29, 1.82) is 0 Å². The molecule has 0 heterocycles. The Morgan fingerprint density at radius 3 is 2.70 bits per heavy atom. The van der Waals surface area contributed by atoms with Crippen molar-refractivity contribution < 1.29 is 28.2 Å². The number of carboxylic acid groups (broad SMARTS) is 1. The summed E-state index contributed by atoms with van der Waals surface area (Å²) in [7, 11) is -2.66. The predicted octanol–water partition coefficient (Wildman–Crippen LogP) is 0.324. The molecular weight excluding hydrogens is 310 g/mol. The molecule has 1 aromatic rings. The summed E-state index contributed by atoms with van der Waals surface area (Å²) in [6.07, 6.45) is -1.02.